The number of pyridine rings is 1. The van der Waals surface area contributed by atoms with Crippen molar-refractivity contribution in [2.24, 2.45) is 0 Å². The Labute approximate surface area is 120 Å². The third-order valence-corrected chi connectivity index (χ3v) is 3.15. The normalized spacial score (nSPS) is 10.8. The maximum absolute atomic E-state index is 10.7. The predicted octanol–water partition coefficient (Wildman–Crippen LogP) is 3.65. The van der Waals surface area contributed by atoms with E-state index in [9.17, 15) is 10.1 Å². The van der Waals surface area contributed by atoms with Crippen LogP contribution >= 0.6 is 0 Å². The van der Waals surface area contributed by atoms with Gasteiger partial charge in [0.25, 0.3) is 5.69 Å². The van der Waals surface area contributed by atoms with Gasteiger partial charge in [-0.2, -0.15) is 0 Å². The lowest BCUT2D eigenvalue weighted by molar-refractivity contribution is -0.384. The van der Waals surface area contributed by atoms with Gasteiger partial charge < -0.3 is 9.14 Å². The second-order valence-electron chi connectivity index (χ2n) is 4.82. The summed E-state index contributed by atoms with van der Waals surface area (Å²) in [5, 5.41) is 10.7. The minimum Gasteiger partial charge on any atom is -0.457 e. The Hall–Kier alpha value is -2.89. The third kappa shape index (κ3) is 2.55. The Bertz CT molecular complexity index is 839. The highest BCUT2D eigenvalue weighted by Gasteiger charge is 2.10. The van der Waals surface area contributed by atoms with Gasteiger partial charge >= 0.3 is 0 Å². The van der Waals surface area contributed by atoms with Crippen molar-refractivity contribution in [1.29, 1.82) is 0 Å². The van der Waals surface area contributed by atoms with Crippen LogP contribution in [-0.2, 0) is 0 Å². The lowest BCUT2D eigenvalue weighted by Gasteiger charge is -2.08. The maximum Gasteiger partial charge on any atom is 0.269 e. The van der Waals surface area contributed by atoms with Crippen molar-refractivity contribution in [2.75, 3.05) is 0 Å². The monoisotopic (exact) mass is 283 g/mol. The highest BCUT2D eigenvalue weighted by Crippen LogP contribution is 2.28. The Balaban J connectivity index is 1.92. The molecule has 0 aliphatic rings. The average molecular weight is 283 g/mol. The molecule has 0 fully saturated rings. The molecule has 0 bridgehead atoms. The lowest BCUT2D eigenvalue weighted by atomic mass is 10.2. The second kappa shape index (κ2) is 4.90. The predicted molar refractivity (Wildman–Crippen MR) is 77.8 cm³/mol. The largest absolute Gasteiger partial charge is 0.457 e. The number of fused-ring (bicyclic) bond motifs is 1. The van der Waals surface area contributed by atoms with Crippen LogP contribution in [0.25, 0.3) is 5.65 Å². The van der Waals surface area contributed by atoms with Gasteiger partial charge in [0.2, 0.25) is 0 Å². The molecule has 0 saturated heterocycles. The van der Waals surface area contributed by atoms with E-state index in [1.807, 2.05) is 35.9 Å². The number of aromatic nitrogens is 2. The first-order valence-corrected chi connectivity index (χ1v) is 6.41. The number of hydrogen-bond acceptors (Lipinski definition) is 4. The fourth-order valence-electron chi connectivity index (χ4n) is 2.14. The summed E-state index contributed by atoms with van der Waals surface area (Å²) in [6.07, 6.45) is 3.79. The molecule has 0 amide bonds. The van der Waals surface area contributed by atoms with E-state index in [1.165, 1.54) is 12.1 Å². The van der Waals surface area contributed by atoms with Crippen molar-refractivity contribution < 1.29 is 9.66 Å². The van der Waals surface area contributed by atoms with Gasteiger partial charge in [-0.1, -0.05) is 0 Å². The molecule has 2 aromatic heterocycles. The molecule has 6 nitrogen and oxygen atoms in total. The van der Waals surface area contributed by atoms with Crippen LogP contribution in [0.2, 0.25) is 0 Å². The molecule has 0 spiro atoms. The highest BCUT2D eigenvalue weighted by atomic mass is 16.6. The zero-order valence-electron chi connectivity index (χ0n) is 11.6. The topological polar surface area (TPSA) is 69.7 Å². The van der Waals surface area contributed by atoms with Gasteiger partial charge in [0.05, 0.1) is 10.6 Å². The number of ether oxygens (including phenoxy) is 1. The minimum atomic E-state index is -0.420. The Morgan fingerprint density at radius 1 is 1.24 bits per heavy atom. The summed E-state index contributed by atoms with van der Waals surface area (Å²) in [6.45, 7) is 3.70. The molecule has 1 aromatic carbocycles. The van der Waals surface area contributed by atoms with Crippen LogP contribution in [0.3, 0.4) is 0 Å². The molecule has 0 radical (unpaired) electrons. The molecule has 0 N–H and O–H groups in total. The number of hydrogen-bond donors (Lipinski definition) is 0. The number of benzene rings is 1. The first-order valence-electron chi connectivity index (χ1n) is 6.41. The van der Waals surface area contributed by atoms with Crippen LogP contribution in [0.5, 0.6) is 11.5 Å². The zero-order valence-corrected chi connectivity index (χ0v) is 11.6. The fraction of sp³-hybridized carbons (Fsp3) is 0.133. The highest BCUT2D eigenvalue weighted by molar-refractivity contribution is 5.49. The van der Waals surface area contributed by atoms with E-state index >= 15 is 0 Å². The fourth-order valence-corrected chi connectivity index (χ4v) is 2.14. The zero-order chi connectivity index (χ0) is 15.0. The number of imidazole rings is 1. The molecule has 3 rings (SSSR count). The van der Waals surface area contributed by atoms with Crippen molar-refractivity contribution in [2.45, 2.75) is 13.8 Å². The van der Waals surface area contributed by atoms with E-state index in [0.29, 0.717) is 17.1 Å². The molecule has 3 aromatic rings. The molecular formula is C15H13N3O3. The Kier molecular flexibility index (Phi) is 3.06. The SMILES string of the molecule is Cc1cn2ccc(Oc3ccc([N+](=O)[O-])cc3C)cc2n1. The van der Waals surface area contributed by atoms with Gasteiger partial charge in [0.15, 0.2) is 0 Å². The molecule has 21 heavy (non-hydrogen) atoms. The second-order valence-corrected chi connectivity index (χ2v) is 4.82. The Morgan fingerprint density at radius 2 is 2.05 bits per heavy atom. The molecule has 0 saturated carbocycles. The molecule has 2 heterocycles. The maximum atomic E-state index is 10.7. The van der Waals surface area contributed by atoms with Crippen molar-refractivity contribution in [3.63, 3.8) is 0 Å². The van der Waals surface area contributed by atoms with Gasteiger partial charge in [-0.3, -0.25) is 10.1 Å². The molecule has 0 aliphatic carbocycles. The standard InChI is InChI=1S/C15H13N3O3/c1-10-7-12(18(19)20)3-4-14(10)21-13-5-6-17-9-11(2)16-15(17)8-13/h3-9H,1-2H3. The van der Waals surface area contributed by atoms with E-state index in [1.54, 1.807) is 13.0 Å². The number of nitrogens with zero attached hydrogens (tertiary/aromatic N) is 3. The molecule has 0 atom stereocenters. The van der Waals surface area contributed by atoms with Gasteiger partial charge in [-0.15, -0.1) is 0 Å². The van der Waals surface area contributed by atoms with Crippen LogP contribution in [-0.4, -0.2) is 14.3 Å². The average Bonchev–Trinajstić information content (AvgIpc) is 2.80. The molecule has 6 heteroatoms. The van der Waals surface area contributed by atoms with Gasteiger partial charge in [-0.25, -0.2) is 4.98 Å². The van der Waals surface area contributed by atoms with Crippen LogP contribution in [0.15, 0.2) is 42.7 Å². The summed E-state index contributed by atoms with van der Waals surface area (Å²) in [5.74, 6) is 1.23. The summed E-state index contributed by atoms with van der Waals surface area (Å²) in [7, 11) is 0. The van der Waals surface area contributed by atoms with Gasteiger partial charge in [-0.05, 0) is 31.5 Å². The smallest absolute Gasteiger partial charge is 0.269 e. The number of aryl methyl sites for hydroxylation is 2. The Morgan fingerprint density at radius 3 is 2.76 bits per heavy atom. The van der Waals surface area contributed by atoms with Crippen molar-refractivity contribution in [3.8, 4) is 11.5 Å². The van der Waals surface area contributed by atoms with Crippen LogP contribution in [0.4, 0.5) is 5.69 Å². The lowest BCUT2D eigenvalue weighted by Crippen LogP contribution is -1.92. The third-order valence-electron chi connectivity index (χ3n) is 3.15. The van der Waals surface area contributed by atoms with E-state index in [4.69, 9.17) is 4.74 Å². The van der Waals surface area contributed by atoms with Crippen LogP contribution in [0.1, 0.15) is 11.3 Å². The first-order chi connectivity index (χ1) is 10.0. The molecule has 0 unspecified atom stereocenters. The minimum absolute atomic E-state index is 0.0548. The summed E-state index contributed by atoms with van der Waals surface area (Å²) in [5.41, 5.74) is 2.49. The van der Waals surface area contributed by atoms with Gasteiger partial charge in [0, 0.05) is 30.6 Å². The molecule has 0 aliphatic heterocycles. The van der Waals surface area contributed by atoms with Crippen molar-refractivity contribution >= 4 is 11.3 Å². The van der Waals surface area contributed by atoms with E-state index < -0.39 is 4.92 Å². The van der Waals surface area contributed by atoms with Gasteiger partial charge in [0.1, 0.15) is 17.1 Å². The number of rotatable bonds is 3. The van der Waals surface area contributed by atoms with Crippen LogP contribution < -0.4 is 4.74 Å². The number of nitro groups is 1. The summed E-state index contributed by atoms with van der Waals surface area (Å²) in [4.78, 5) is 14.7. The van der Waals surface area contributed by atoms with Crippen molar-refractivity contribution in [3.05, 3.63) is 64.1 Å². The quantitative estimate of drug-likeness (QED) is 0.543. The van der Waals surface area contributed by atoms with E-state index in [2.05, 4.69) is 4.98 Å². The van der Waals surface area contributed by atoms with Crippen molar-refractivity contribution in [1.82, 2.24) is 9.38 Å². The summed E-state index contributed by atoms with van der Waals surface area (Å²) in [6, 6.07) is 8.19. The molecular weight excluding hydrogens is 270 g/mol. The van der Waals surface area contributed by atoms with E-state index in [-0.39, 0.29) is 5.69 Å². The number of nitro benzene ring substituents is 1. The van der Waals surface area contributed by atoms with E-state index in [0.717, 1.165) is 11.3 Å². The summed E-state index contributed by atoms with van der Waals surface area (Å²) >= 11 is 0. The summed E-state index contributed by atoms with van der Waals surface area (Å²) < 4.78 is 7.69. The first kappa shape index (κ1) is 13.1. The molecule has 106 valence electrons. The van der Waals surface area contributed by atoms with Crippen LogP contribution in [0, 0.1) is 24.0 Å². The number of non-ortho nitro benzene ring substituents is 1.